The van der Waals surface area contributed by atoms with Crippen LogP contribution in [-0.2, 0) is 0 Å². The van der Waals surface area contributed by atoms with Gasteiger partial charge in [0.1, 0.15) is 5.02 Å². The van der Waals surface area contributed by atoms with Crippen molar-refractivity contribution in [3.05, 3.63) is 74.8 Å². The third kappa shape index (κ3) is 1.55. The van der Waals surface area contributed by atoms with Crippen LogP contribution in [0.1, 0.15) is 15.9 Å². The summed E-state index contributed by atoms with van der Waals surface area (Å²) < 4.78 is 0. The van der Waals surface area contributed by atoms with E-state index in [-0.39, 0.29) is 16.5 Å². The van der Waals surface area contributed by atoms with Crippen LogP contribution in [0.5, 0.6) is 0 Å². The molecule has 0 fully saturated rings. The molecule has 0 N–H and O–H groups in total. The van der Waals surface area contributed by atoms with Gasteiger partial charge in [-0.15, -0.1) is 0 Å². The van der Waals surface area contributed by atoms with E-state index in [1.54, 1.807) is 42.5 Å². The number of halogens is 1. The number of carbonyl (C=O) groups excluding carboxylic acids is 1. The fourth-order valence-corrected chi connectivity index (χ4v) is 3.36. The summed E-state index contributed by atoms with van der Waals surface area (Å²) in [4.78, 5) is 23.4. The molecule has 1 aliphatic carbocycles. The number of nitrogens with zero attached hydrogens (tertiary/aromatic N) is 1. The van der Waals surface area contributed by atoms with E-state index in [9.17, 15) is 14.9 Å². The van der Waals surface area contributed by atoms with Gasteiger partial charge in [0.2, 0.25) is 0 Å². The summed E-state index contributed by atoms with van der Waals surface area (Å²) >= 11 is 6.31. The lowest BCUT2D eigenvalue weighted by Crippen LogP contribution is -2.10. The summed E-state index contributed by atoms with van der Waals surface area (Å²) in [5.41, 5.74) is 2.11. The molecule has 0 radical (unpaired) electrons. The lowest BCUT2D eigenvalue weighted by molar-refractivity contribution is -0.384. The fourth-order valence-electron chi connectivity index (χ4n) is 3.04. The van der Waals surface area contributed by atoms with Gasteiger partial charge in [-0.05, 0) is 10.9 Å². The third-order valence-corrected chi connectivity index (χ3v) is 4.35. The normalized spacial score (nSPS) is 12.3. The molecule has 3 aromatic carbocycles. The van der Waals surface area contributed by atoms with Crippen molar-refractivity contribution in [1.82, 2.24) is 0 Å². The first-order valence-corrected chi connectivity index (χ1v) is 7.01. The molecule has 0 spiro atoms. The van der Waals surface area contributed by atoms with Gasteiger partial charge >= 0.3 is 0 Å². The maximum absolute atomic E-state index is 12.6. The van der Waals surface area contributed by atoms with Crippen molar-refractivity contribution >= 4 is 33.8 Å². The number of hydrogen-bond acceptors (Lipinski definition) is 3. The molecule has 4 nitrogen and oxygen atoms in total. The lowest BCUT2D eigenvalue weighted by Gasteiger charge is -2.20. The van der Waals surface area contributed by atoms with Crippen LogP contribution in [0.15, 0.2) is 48.5 Å². The van der Waals surface area contributed by atoms with Crippen LogP contribution in [0.25, 0.3) is 21.9 Å². The summed E-state index contributed by atoms with van der Waals surface area (Å²) in [5, 5.41) is 12.7. The fraction of sp³-hybridized carbons (Fsp3) is 0. The van der Waals surface area contributed by atoms with E-state index in [0.717, 1.165) is 0 Å². The molecule has 0 atom stereocenters. The monoisotopic (exact) mass is 309 g/mol. The minimum atomic E-state index is -0.496. The van der Waals surface area contributed by atoms with Crippen LogP contribution in [0.2, 0.25) is 5.02 Å². The molecule has 0 bridgehead atoms. The molecule has 0 unspecified atom stereocenters. The molecule has 3 aromatic rings. The smallest absolute Gasteiger partial charge is 0.289 e. The summed E-state index contributed by atoms with van der Waals surface area (Å²) in [5.74, 6) is -0.0846. The summed E-state index contributed by atoms with van der Waals surface area (Å²) in [7, 11) is 0. The first kappa shape index (κ1) is 13.0. The zero-order chi connectivity index (χ0) is 15.4. The summed E-state index contributed by atoms with van der Waals surface area (Å²) in [6, 6.07) is 13.7. The van der Waals surface area contributed by atoms with E-state index < -0.39 is 4.92 Å². The van der Waals surface area contributed by atoms with E-state index in [4.69, 9.17) is 11.6 Å². The Hall–Kier alpha value is -2.72. The average molecular weight is 310 g/mol. The topological polar surface area (TPSA) is 60.2 Å². The van der Waals surface area contributed by atoms with Crippen LogP contribution in [0.4, 0.5) is 5.69 Å². The number of hydrogen-bond donors (Lipinski definition) is 0. The molecule has 0 aromatic heterocycles. The van der Waals surface area contributed by atoms with Gasteiger partial charge in [-0.1, -0.05) is 54.1 Å². The highest BCUT2D eigenvalue weighted by atomic mass is 35.5. The Morgan fingerprint density at radius 3 is 2.36 bits per heavy atom. The van der Waals surface area contributed by atoms with Crippen molar-refractivity contribution < 1.29 is 9.72 Å². The number of carbonyl (C=O) groups is 1. The number of fused-ring (bicyclic) bond motifs is 2. The Morgan fingerprint density at radius 2 is 1.64 bits per heavy atom. The molecule has 1 aliphatic rings. The summed E-state index contributed by atoms with van der Waals surface area (Å²) in [6.07, 6.45) is 0. The van der Waals surface area contributed by atoms with Crippen molar-refractivity contribution in [3.63, 3.8) is 0 Å². The van der Waals surface area contributed by atoms with Gasteiger partial charge in [-0.25, -0.2) is 0 Å². The molecule has 0 saturated carbocycles. The van der Waals surface area contributed by atoms with E-state index in [1.807, 2.05) is 0 Å². The molecular weight excluding hydrogens is 302 g/mol. The maximum atomic E-state index is 12.6. The third-order valence-electron chi connectivity index (χ3n) is 3.97. The molecular formula is C17H8ClNO3. The van der Waals surface area contributed by atoms with Gasteiger partial charge in [0.05, 0.1) is 4.92 Å². The lowest BCUT2D eigenvalue weighted by atomic mass is 9.82. The second-order valence-corrected chi connectivity index (χ2v) is 5.50. The Bertz CT molecular complexity index is 995. The quantitative estimate of drug-likeness (QED) is 0.381. The Morgan fingerprint density at radius 1 is 0.955 bits per heavy atom. The molecule has 0 amide bonds. The van der Waals surface area contributed by atoms with Gasteiger partial charge in [-0.2, -0.15) is 0 Å². The number of nitro groups is 1. The maximum Gasteiger partial charge on any atom is 0.289 e. The minimum absolute atomic E-state index is 0.0740. The van der Waals surface area contributed by atoms with Gasteiger partial charge < -0.3 is 0 Å². The van der Waals surface area contributed by atoms with Crippen molar-refractivity contribution in [1.29, 1.82) is 0 Å². The Labute approximate surface area is 130 Å². The van der Waals surface area contributed by atoms with Crippen LogP contribution in [0, 0.1) is 10.1 Å². The van der Waals surface area contributed by atoms with Crippen molar-refractivity contribution in [2.75, 3.05) is 0 Å². The second-order valence-electron chi connectivity index (χ2n) is 5.12. The summed E-state index contributed by atoms with van der Waals surface area (Å²) in [6.45, 7) is 0. The van der Waals surface area contributed by atoms with E-state index in [1.165, 1.54) is 6.07 Å². The first-order valence-electron chi connectivity index (χ1n) is 6.63. The zero-order valence-electron chi connectivity index (χ0n) is 11.2. The van der Waals surface area contributed by atoms with E-state index >= 15 is 0 Å². The Balaban J connectivity index is 2.29. The minimum Gasteiger partial charge on any atom is -0.289 e. The number of nitro benzene ring substituents is 1. The number of ketones is 1. The highest BCUT2D eigenvalue weighted by molar-refractivity contribution is 6.40. The molecule has 0 aliphatic heterocycles. The average Bonchev–Trinajstić information content (AvgIpc) is 2.52. The van der Waals surface area contributed by atoms with E-state index in [2.05, 4.69) is 0 Å². The predicted molar refractivity (Wildman–Crippen MR) is 84.5 cm³/mol. The second kappa shape index (κ2) is 4.39. The van der Waals surface area contributed by atoms with Gasteiger partial charge in [-0.3, -0.25) is 14.9 Å². The van der Waals surface area contributed by atoms with E-state index in [0.29, 0.717) is 33.0 Å². The van der Waals surface area contributed by atoms with Gasteiger partial charge in [0.25, 0.3) is 5.69 Å². The van der Waals surface area contributed by atoms with Crippen LogP contribution in [0.3, 0.4) is 0 Å². The van der Waals surface area contributed by atoms with Crippen LogP contribution >= 0.6 is 11.6 Å². The molecule has 106 valence electrons. The zero-order valence-corrected chi connectivity index (χ0v) is 11.9. The molecule has 22 heavy (non-hydrogen) atoms. The number of benzene rings is 3. The molecule has 4 rings (SSSR count). The largest absolute Gasteiger partial charge is 0.289 e. The predicted octanol–water partition coefficient (Wildman–Crippen LogP) is 4.61. The highest BCUT2D eigenvalue weighted by Crippen LogP contribution is 2.46. The molecule has 0 saturated heterocycles. The first-order chi connectivity index (χ1) is 10.6. The standard InChI is InChI=1S/C17H8ClNO3/c18-16-13(19(21)22)8-9-4-3-7-12-14(9)15(16)10-5-1-2-6-11(10)17(12)20/h1-8H. The van der Waals surface area contributed by atoms with Crippen molar-refractivity contribution in [2.45, 2.75) is 0 Å². The highest BCUT2D eigenvalue weighted by Gasteiger charge is 2.30. The van der Waals surface area contributed by atoms with Crippen LogP contribution in [-0.4, -0.2) is 10.7 Å². The number of rotatable bonds is 1. The van der Waals surface area contributed by atoms with Crippen molar-refractivity contribution in [2.24, 2.45) is 0 Å². The van der Waals surface area contributed by atoms with Gasteiger partial charge in [0, 0.05) is 28.1 Å². The SMILES string of the molecule is O=C1c2ccccc2-c2c(Cl)c([N+](=O)[O-])cc3cccc1c23. The van der Waals surface area contributed by atoms with Crippen molar-refractivity contribution in [3.8, 4) is 11.1 Å². The molecule has 0 heterocycles. The van der Waals surface area contributed by atoms with Crippen LogP contribution < -0.4 is 0 Å². The van der Waals surface area contributed by atoms with Gasteiger partial charge in [0.15, 0.2) is 5.78 Å². The Kier molecular flexibility index (Phi) is 2.59. The molecule has 5 heteroatoms.